The Morgan fingerprint density at radius 3 is 2.28 bits per heavy atom. The van der Waals surface area contributed by atoms with Crippen LogP contribution in [0.3, 0.4) is 0 Å². The highest BCUT2D eigenvalue weighted by molar-refractivity contribution is 9.10. The molecule has 0 aromatic heterocycles. The third-order valence-electron chi connectivity index (χ3n) is 6.19. The van der Waals surface area contributed by atoms with E-state index in [0.29, 0.717) is 0 Å². The molecule has 2 aliphatic rings. The zero-order chi connectivity index (χ0) is 22.1. The number of allylic oxidation sites excluding steroid dienone is 4. The molecule has 0 saturated heterocycles. The first-order valence-corrected chi connectivity index (χ1v) is 11.8. The molecule has 0 aliphatic heterocycles. The van der Waals surface area contributed by atoms with Crippen LogP contribution >= 0.6 is 15.9 Å². The lowest BCUT2D eigenvalue weighted by atomic mass is 9.77. The van der Waals surface area contributed by atoms with E-state index in [0.717, 1.165) is 4.47 Å². The average molecular weight is 477 g/mol. The Labute approximate surface area is 198 Å². The molecule has 0 amide bonds. The van der Waals surface area contributed by atoms with Gasteiger partial charge in [0.05, 0.1) is 0 Å². The summed E-state index contributed by atoms with van der Waals surface area (Å²) < 4.78 is 1.12. The topological polar surface area (TPSA) is 0 Å². The molecule has 32 heavy (non-hydrogen) atoms. The van der Waals surface area contributed by atoms with Crippen molar-refractivity contribution in [1.29, 1.82) is 0 Å². The number of halogens is 1. The quantitative estimate of drug-likeness (QED) is 0.268. The van der Waals surface area contributed by atoms with Crippen LogP contribution in [0.2, 0.25) is 0 Å². The minimum Gasteiger partial charge on any atom is -0.0744 e. The van der Waals surface area contributed by atoms with Gasteiger partial charge in [0, 0.05) is 9.89 Å². The van der Waals surface area contributed by atoms with Gasteiger partial charge in [0.2, 0.25) is 0 Å². The summed E-state index contributed by atoms with van der Waals surface area (Å²) in [7, 11) is 0. The fraction of sp³-hybridized carbons (Fsp3) is 0.0968. The van der Waals surface area contributed by atoms with Crippen LogP contribution in [-0.4, -0.2) is 0 Å². The Morgan fingerprint density at radius 1 is 0.719 bits per heavy atom. The lowest BCUT2D eigenvalue weighted by Crippen LogP contribution is -2.28. The van der Waals surface area contributed by atoms with E-state index in [1.54, 1.807) is 0 Å². The van der Waals surface area contributed by atoms with Gasteiger partial charge in [0.1, 0.15) is 0 Å². The van der Waals surface area contributed by atoms with Gasteiger partial charge in [-0.2, -0.15) is 0 Å². The van der Waals surface area contributed by atoms with E-state index in [1.807, 2.05) is 18.2 Å². The molecule has 0 nitrogen and oxygen atoms in total. The fourth-order valence-corrected chi connectivity index (χ4v) is 5.08. The van der Waals surface area contributed by atoms with Gasteiger partial charge < -0.3 is 0 Å². The van der Waals surface area contributed by atoms with Gasteiger partial charge in [-0.3, -0.25) is 0 Å². The van der Waals surface area contributed by atoms with Crippen molar-refractivity contribution in [2.45, 2.75) is 13.8 Å². The smallest absolute Gasteiger partial charge is 0.0181 e. The number of hydrogen-bond acceptors (Lipinski definition) is 0. The Kier molecular flexibility index (Phi) is 5.45. The van der Waals surface area contributed by atoms with Crippen LogP contribution in [0, 0.1) is 5.41 Å². The number of benzene rings is 4. The van der Waals surface area contributed by atoms with E-state index in [9.17, 15) is 0 Å². The highest BCUT2D eigenvalue weighted by atomic mass is 79.9. The summed E-state index contributed by atoms with van der Waals surface area (Å²) in [5.41, 5.74) is 5.46. The molecule has 6 rings (SSSR count). The predicted molar refractivity (Wildman–Crippen MR) is 142 cm³/mol. The zero-order valence-corrected chi connectivity index (χ0v) is 19.9. The van der Waals surface area contributed by atoms with Crippen molar-refractivity contribution in [2.75, 3.05) is 0 Å². The second-order valence-corrected chi connectivity index (χ2v) is 9.76. The second-order valence-electron chi connectivity index (χ2n) is 8.85. The van der Waals surface area contributed by atoms with Crippen molar-refractivity contribution in [3.8, 4) is 11.1 Å². The molecular weight excluding hydrogens is 452 g/mol. The molecule has 0 atom stereocenters. The van der Waals surface area contributed by atoms with Gasteiger partial charge in [0.25, 0.3) is 0 Å². The van der Waals surface area contributed by atoms with Gasteiger partial charge in [-0.1, -0.05) is 127 Å². The molecule has 4 aromatic carbocycles. The maximum atomic E-state index is 3.46. The largest absolute Gasteiger partial charge is 0.0744 e. The number of hydrogen-bond donors (Lipinski definition) is 0. The molecule has 4 aromatic rings. The molecule has 156 valence electrons. The molecule has 0 N–H and O–H groups in total. The summed E-state index contributed by atoms with van der Waals surface area (Å²) in [4.78, 5) is 0. The summed E-state index contributed by atoms with van der Waals surface area (Å²) in [5, 5.41) is 5.47. The molecule has 0 saturated carbocycles. The average Bonchev–Trinajstić information content (AvgIpc) is 3.21. The molecule has 1 heteroatoms. The highest BCUT2D eigenvalue weighted by Gasteiger charge is 2.27. The summed E-state index contributed by atoms with van der Waals surface area (Å²) in [5.74, 6) is 0. The van der Waals surface area contributed by atoms with E-state index in [1.165, 1.54) is 43.5 Å². The van der Waals surface area contributed by atoms with Crippen LogP contribution in [0.1, 0.15) is 13.8 Å². The van der Waals surface area contributed by atoms with Crippen molar-refractivity contribution >= 4 is 38.4 Å². The summed E-state index contributed by atoms with van der Waals surface area (Å²) in [6.07, 6.45) is 9.06. The van der Waals surface area contributed by atoms with Crippen molar-refractivity contribution < 1.29 is 0 Å². The van der Waals surface area contributed by atoms with E-state index in [-0.39, 0.29) is 5.41 Å². The summed E-state index contributed by atoms with van der Waals surface area (Å²) in [6, 6.07) is 31.8. The molecular formula is C31H25Br. The van der Waals surface area contributed by atoms with Crippen molar-refractivity contribution in [2.24, 2.45) is 5.41 Å². The maximum Gasteiger partial charge on any atom is 0.0181 e. The van der Waals surface area contributed by atoms with E-state index in [4.69, 9.17) is 0 Å². The molecule has 0 radical (unpaired) electrons. The number of rotatable bonds is 1. The first-order chi connectivity index (χ1) is 15.5. The van der Waals surface area contributed by atoms with Gasteiger partial charge in [0.15, 0.2) is 0 Å². The normalized spacial score (nSPS) is 15.2. The zero-order valence-electron chi connectivity index (χ0n) is 18.3. The van der Waals surface area contributed by atoms with Crippen LogP contribution in [0.15, 0.2) is 119 Å². The molecule has 0 bridgehead atoms. The SMILES string of the molecule is Brc1cccc(-c2ccccc2)c1.CC1(C)C=CC=C2C=c3c(ccc4ccccc34)=C21. The summed E-state index contributed by atoms with van der Waals surface area (Å²) >= 11 is 3.46. The van der Waals surface area contributed by atoms with Gasteiger partial charge in [-0.15, -0.1) is 0 Å². The maximum absolute atomic E-state index is 3.46. The third-order valence-corrected chi connectivity index (χ3v) is 6.69. The van der Waals surface area contributed by atoms with Gasteiger partial charge in [-0.05, 0) is 61.7 Å². The molecule has 0 fully saturated rings. The van der Waals surface area contributed by atoms with E-state index >= 15 is 0 Å². The monoisotopic (exact) mass is 476 g/mol. The molecule has 0 unspecified atom stereocenters. The Hall–Kier alpha value is -3.16. The van der Waals surface area contributed by atoms with Crippen molar-refractivity contribution in [3.05, 3.63) is 130 Å². The summed E-state index contributed by atoms with van der Waals surface area (Å²) in [6.45, 7) is 4.59. The lowest BCUT2D eigenvalue weighted by molar-refractivity contribution is 0.644. The number of fused-ring (bicyclic) bond motifs is 4. The minimum atomic E-state index is 0.119. The lowest BCUT2D eigenvalue weighted by Gasteiger charge is -2.26. The van der Waals surface area contributed by atoms with Gasteiger partial charge >= 0.3 is 0 Å². The molecule has 0 spiro atoms. The van der Waals surface area contributed by atoms with Crippen LogP contribution in [-0.2, 0) is 0 Å². The molecule has 0 heterocycles. The van der Waals surface area contributed by atoms with Crippen LogP contribution < -0.4 is 10.4 Å². The third kappa shape index (κ3) is 3.89. The standard InChI is InChI=1S/C19H16.C12H9Br/c1-19(2)11-5-7-14-12-17-15-8-4-3-6-13(15)9-10-16(17)18(14)19;13-12-8-4-7-11(9-12)10-5-2-1-3-6-10/h3-12H,1-2H3;1-9H. The Balaban J connectivity index is 0.000000146. The first kappa shape index (κ1) is 20.7. The highest BCUT2D eigenvalue weighted by Crippen LogP contribution is 2.38. The van der Waals surface area contributed by atoms with Crippen LogP contribution in [0.5, 0.6) is 0 Å². The van der Waals surface area contributed by atoms with Crippen molar-refractivity contribution in [3.63, 3.8) is 0 Å². The van der Waals surface area contributed by atoms with Crippen LogP contribution in [0.25, 0.3) is 33.5 Å². The molecule has 2 aliphatic carbocycles. The Morgan fingerprint density at radius 2 is 1.47 bits per heavy atom. The second kappa shape index (κ2) is 8.41. The van der Waals surface area contributed by atoms with E-state index < -0.39 is 0 Å². The first-order valence-electron chi connectivity index (χ1n) is 11.0. The van der Waals surface area contributed by atoms with Gasteiger partial charge in [-0.25, -0.2) is 0 Å². The van der Waals surface area contributed by atoms with Crippen molar-refractivity contribution in [1.82, 2.24) is 0 Å². The minimum absolute atomic E-state index is 0.119. The predicted octanol–water partition coefficient (Wildman–Crippen LogP) is 7.42. The fourth-order valence-electron chi connectivity index (χ4n) is 4.68. The van der Waals surface area contributed by atoms with Crippen LogP contribution in [0.4, 0.5) is 0 Å². The van der Waals surface area contributed by atoms with E-state index in [2.05, 4.69) is 127 Å². The Bertz CT molecular complexity index is 1480.